The molecule has 1 fully saturated rings. The molecule has 0 aromatic heterocycles. The molecule has 0 radical (unpaired) electrons. The van der Waals surface area contributed by atoms with Gasteiger partial charge in [-0.05, 0) is 26.3 Å². The molecule has 0 aliphatic carbocycles. The van der Waals surface area contributed by atoms with Crippen molar-refractivity contribution in [3.05, 3.63) is 0 Å². The molecule has 1 aliphatic rings. The molecule has 1 atom stereocenters. The first-order chi connectivity index (χ1) is 6.41. The van der Waals surface area contributed by atoms with Crippen molar-refractivity contribution in [3.63, 3.8) is 0 Å². The Balaban J connectivity index is 2.42. The zero-order chi connectivity index (χ0) is 10.8. The molecule has 3 nitrogen and oxygen atoms in total. The summed E-state index contributed by atoms with van der Waals surface area (Å²) in [4.78, 5) is 13.6. The van der Waals surface area contributed by atoms with E-state index in [4.69, 9.17) is 0 Å². The molecule has 0 amide bonds. The quantitative estimate of drug-likeness (QED) is 0.739. The van der Waals surface area contributed by atoms with Crippen molar-refractivity contribution in [1.29, 1.82) is 0 Å². The molecule has 0 bridgehead atoms. The van der Waals surface area contributed by atoms with E-state index in [1.54, 1.807) is 0 Å². The number of hydrogen-bond acceptors (Lipinski definition) is 3. The van der Waals surface area contributed by atoms with Gasteiger partial charge in [0.15, 0.2) is 0 Å². The van der Waals surface area contributed by atoms with Crippen LogP contribution < -0.4 is 0 Å². The lowest BCUT2D eigenvalue weighted by Gasteiger charge is -2.36. The number of ketones is 1. The Morgan fingerprint density at radius 3 is 2.71 bits per heavy atom. The Morgan fingerprint density at radius 1 is 1.57 bits per heavy atom. The van der Waals surface area contributed by atoms with Crippen LogP contribution >= 0.6 is 0 Å². The van der Waals surface area contributed by atoms with Crippen molar-refractivity contribution in [2.24, 2.45) is 5.92 Å². The Labute approximate surface area is 86.1 Å². The molecule has 82 valence electrons. The standard InChI is InChI=1S/C11H21NO2/c1-9(2)10(13)7-12-6-4-5-11(3,14)8-12/h9,14H,4-8H2,1-3H3. The summed E-state index contributed by atoms with van der Waals surface area (Å²) in [5.41, 5.74) is -0.602. The Hall–Kier alpha value is -0.410. The van der Waals surface area contributed by atoms with Crippen LogP contribution in [0.25, 0.3) is 0 Å². The Bertz CT molecular complexity index is 211. The van der Waals surface area contributed by atoms with Gasteiger partial charge in [0, 0.05) is 12.5 Å². The highest BCUT2D eigenvalue weighted by Gasteiger charge is 2.29. The van der Waals surface area contributed by atoms with Crippen LogP contribution in [-0.2, 0) is 4.79 Å². The number of rotatable bonds is 3. The van der Waals surface area contributed by atoms with Crippen LogP contribution in [0.2, 0.25) is 0 Å². The van der Waals surface area contributed by atoms with E-state index >= 15 is 0 Å². The molecule has 1 unspecified atom stereocenters. The lowest BCUT2D eigenvalue weighted by Crippen LogP contribution is -2.48. The largest absolute Gasteiger partial charge is 0.389 e. The highest BCUT2D eigenvalue weighted by Crippen LogP contribution is 2.20. The van der Waals surface area contributed by atoms with Gasteiger partial charge < -0.3 is 5.11 Å². The highest BCUT2D eigenvalue weighted by atomic mass is 16.3. The van der Waals surface area contributed by atoms with Gasteiger partial charge in [0.25, 0.3) is 0 Å². The minimum Gasteiger partial charge on any atom is -0.389 e. The zero-order valence-corrected chi connectivity index (χ0v) is 9.42. The van der Waals surface area contributed by atoms with Gasteiger partial charge in [0.2, 0.25) is 0 Å². The van der Waals surface area contributed by atoms with Gasteiger partial charge in [-0.25, -0.2) is 0 Å². The SMILES string of the molecule is CC(C)C(=O)CN1CCCC(C)(O)C1. The average molecular weight is 199 g/mol. The van der Waals surface area contributed by atoms with Crippen molar-refractivity contribution in [2.45, 2.75) is 39.2 Å². The van der Waals surface area contributed by atoms with E-state index in [2.05, 4.69) is 4.90 Å². The van der Waals surface area contributed by atoms with E-state index in [9.17, 15) is 9.90 Å². The third-order valence-electron chi connectivity index (χ3n) is 2.78. The topological polar surface area (TPSA) is 40.5 Å². The maximum atomic E-state index is 11.5. The molecule has 1 N–H and O–H groups in total. The fourth-order valence-electron chi connectivity index (χ4n) is 1.86. The molecule has 1 heterocycles. The van der Waals surface area contributed by atoms with Crippen LogP contribution in [0.15, 0.2) is 0 Å². The van der Waals surface area contributed by atoms with Crippen LogP contribution in [0.4, 0.5) is 0 Å². The maximum Gasteiger partial charge on any atom is 0.149 e. The number of likely N-dealkylation sites (tertiary alicyclic amines) is 1. The lowest BCUT2D eigenvalue weighted by molar-refractivity contribution is -0.124. The number of hydrogen-bond donors (Lipinski definition) is 1. The molecule has 1 aliphatic heterocycles. The first-order valence-corrected chi connectivity index (χ1v) is 5.38. The number of carbonyl (C=O) groups excluding carboxylic acids is 1. The minimum atomic E-state index is -0.602. The van der Waals surface area contributed by atoms with Crippen molar-refractivity contribution in [1.82, 2.24) is 4.90 Å². The predicted octanol–water partition coefficient (Wildman–Crippen LogP) is 1.06. The summed E-state index contributed by atoms with van der Waals surface area (Å²) in [6.07, 6.45) is 1.83. The Kier molecular flexibility index (Phi) is 3.67. The predicted molar refractivity (Wildman–Crippen MR) is 56.1 cm³/mol. The molecule has 0 aromatic rings. The number of carbonyl (C=O) groups is 1. The summed E-state index contributed by atoms with van der Waals surface area (Å²) in [5.74, 6) is 0.365. The second-order valence-corrected chi connectivity index (χ2v) is 4.93. The molecular weight excluding hydrogens is 178 g/mol. The molecule has 14 heavy (non-hydrogen) atoms. The lowest BCUT2D eigenvalue weighted by atomic mass is 9.94. The van der Waals surface area contributed by atoms with Crippen molar-refractivity contribution < 1.29 is 9.90 Å². The van der Waals surface area contributed by atoms with Crippen LogP contribution in [0.5, 0.6) is 0 Å². The normalized spacial score (nSPS) is 29.5. The van der Waals surface area contributed by atoms with Gasteiger partial charge in [-0.15, -0.1) is 0 Å². The molecule has 1 rings (SSSR count). The summed E-state index contributed by atoms with van der Waals surface area (Å²) < 4.78 is 0. The van der Waals surface area contributed by atoms with Gasteiger partial charge in [0.1, 0.15) is 5.78 Å². The summed E-state index contributed by atoms with van der Waals surface area (Å²) in [7, 11) is 0. The van der Waals surface area contributed by atoms with Crippen molar-refractivity contribution in [3.8, 4) is 0 Å². The third-order valence-corrected chi connectivity index (χ3v) is 2.78. The summed E-state index contributed by atoms with van der Waals surface area (Å²) in [6, 6.07) is 0. The molecule has 0 saturated carbocycles. The smallest absolute Gasteiger partial charge is 0.149 e. The third kappa shape index (κ3) is 3.39. The fraction of sp³-hybridized carbons (Fsp3) is 0.909. The van der Waals surface area contributed by atoms with E-state index in [-0.39, 0.29) is 11.7 Å². The molecule has 3 heteroatoms. The monoisotopic (exact) mass is 199 g/mol. The second-order valence-electron chi connectivity index (χ2n) is 4.93. The van der Waals surface area contributed by atoms with Gasteiger partial charge in [-0.2, -0.15) is 0 Å². The summed E-state index contributed by atoms with van der Waals surface area (Å²) in [5, 5.41) is 9.84. The average Bonchev–Trinajstić information content (AvgIpc) is 2.01. The number of nitrogens with zero attached hydrogens (tertiary/aromatic N) is 1. The van der Waals surface area contributed by atoms with E-state index in [0.29, 0.717) is 13.1 Å². The van der Waals surface area contributed by atoms with E-state index in [1.165, 1.54) is 0 Å². The number of β-amino-alcohol motifs (C(OH)–C–C–N with tert-alkyl or cyclic N) is 1. The van der Waals surface area contributed by atoms with Gasteiger partial charge in [0.05, 0.1) is 12.1 Å². The number of aliphatic hydroxyl groups is 1. The van der Waals surface area contributed by atoms with Crippen LogP contribution in [0.1, 0.15) is 33.6 Å². The first kappa shape index (κ1) is 11.7. The Morgan fingerprint density at radius 2 is 2.21 bits per heavy atom. The van der Waals surface area contributed by atoms with E-state index in [1.807, 2.05) is 20.8 Å². The van der Waals surface area contributed by atoms with Gasteiger partial charge in [-0.3, -0.25) is 9.69 Å². The zero-order valence-electron chi connectivity index (χ0n) is 9.42. The van der Waals surface area contributed by atoms with Gasteiger partial charge in [-0.1, -0.05) is 13.8 Å². The maximum absolute atomic E-state index is 11.5. The second kappa shape index (κ2) is 4.41. The molecule has 0 aromatic carbocycles. The van der Waals surface area contributed by atoms with Crippen molar-refractivity contribution >= 4 is 5.78 Å². The fourth-order valence-corrected chi connectivity index (χ4v) is 1.86. The number of Topliss-reactive ketones (excluding diaryl/α,β-unsaturated/α-hetero) is 1. The van der Waals surface area contributed by atoms with Crippen LogP contribution in [0, 0.1) is 5.92 Å². The van der Waals surface area contributed by atoms with E-state index in [0.717, 1.165) is 19.4 Å². The molecule has 0 spiro atoms. The van der Waals surface area contributed by atoms with E-state index < -0.39 is 5.60 Å². The molecular formula is C11H21NO2. The number of piperidine rings is 1. The highest BCUT2D eigenvalue weighted by molar-refractivity contribution is 5.82. The summed E-state index contributed by atoms with van der Waals surface area (Å²) in [6.45, 7) is 7.75. The summed E-state index contributed by atoms with van der Waals surface area (Å²) >= 11 is 0. The minimum absolute atomic E-state index is 0.0990. The van der Waals surface area contributed by atoms with Gasteiger partial charge >= 0.3 is 0 Å². The first-order valence-electron chi connectivity index (χ1n) is 5.38. The van der Waals surface area contributed by atoms with Crippen LogP contribution in [-0.4, -0.2) is 41.0 Å². The van der Waals surface area contributed by atoms with Crippen LogP contribution in [0.3, 0.4) is 0 Å². The molecule has 1 saturated heterocycles. The van der Waals surface area contributed by atoms with Crippen molar-refractivity contribution in [2.75, 3.05) is 19.6 Å².